The van der Waals surface area contributed by atoms with Crippen LogP contribution in [0.15, 0.2) is 0 Å². The zero-order chi connectivity index (χ0) is 8.69. The van der Waals surface area contributed by atoms with Crippen LogP contribution in [-0.4, -0.2) is 14.7 Å². The molecule has 0 amide bonds. The van der Waals surface area contributed by atoms with Crippen LogP contribution >= 0.6 is 24.0 Å². The van der Waals surface area contributed by atoms with E-state index in [1.165, 1.54) is 12.8 Å². The second-order valence-electron chi connectivity index (χ2n) is 2.01. The molecule has 0 spiro atoms. The first-order valence-corrected chi connectivity index (χ1v) is 5.43. The second-order valence-corrected chi connectivity index (χ2v) is 4.48. The summed E-state index contributed by atoms with van der Waals surface area (Å²) in [5.41, 5.74) is 0. The van der Waals surface area contributed by atoms with Crippen LogP contribution in [0.2, 0.25) is 0 Å². The fourth-order valence-corrected chi connectivity index (χ4v) is 1.85. The van der Waals surface area contributed by atoms with E-state index in [0.717, 1.165) is 5.75 Å². The first kappa shape index (κ1) is 11.6. The summed E-state index contributed by atoms with van der Waals surface area (Å²) in [7, 11) is 0. The van der Waals surface area contributed by atoms with Gasteiger partial charge in [-0.05, 0) is 0 Å². The molecular formula is C7H12FeOS2+. The van der Waals surface area contributed by atoms with Gasteiger partial charge in [-0.15, -0.1) is 0 Å². The Morgan fingerprint density at radius 3 is 2.73 bits per heavy atom. The Labute approximate surface area is 85.6 Å². The van der Waals surface area contributed by atoms with Crippen molar-refractivity contribution < 1.29 is 20.3 Å². The Balaban J connectivity index is 3.30. The van der Waals surface area contributed by atoms with Crippen molar-refractivity contribution in [1.82, 2.24) is 0 Å². The van der Waals surface area contributed by atoms with E-state index in [4.69, 9.17) is 17.0 Å². The topological polar surface area (TPSA) is 9.23 Å². The van der Waals surface area contributed by atoms with E-state index in [0.29, 0.717) is 8.99 Å². The van der Waals surface area contributed by atoms with E-state index in [1.807, 2.05) is 0 Å². The van der Waals surface area contributed by atoms with Gasteiger partial charge in [0.25, 0.3) is 0 Å². The number of thiocarbonyl (C=S) groups is 1. The van der Waals surface area contributed by atoms with Crippen molar-refractivity contribution >= 4 is 33.0 Å². The molecule has 0 unspecified atom stereocenters. The normalized spacial score (nSPS) is 9.27. The fourth-order valence-electron chi connectivity index (χ4n) is 0.442. The Morgan fingerprint density at radius 2 is 2.27 bits per heavy atom. The van der Waals surface area contributed by atoms with Gasteiger partial charge in [-0.2, -0.15) is 0 Å². The first-order chi connectivity index (χ1) is 5.16. The van der Waals surface area contributed by atoms with Gasteiger partial charge >= 0.3 is 85.7 Å². The molecule has 1 nitrogen and oxygen atoms in total. The molecule has 0 radical (unpaired) electrons. The first-order valence-electron chi connectivity index (χ1n) is 3.49. The summed E-state index contributed by atoms with van der Waals surface area (Å²) in [6.45, 7) is 3.95. The molecule has 11 heavy (non-hydrogen) atoms. The molecule has 0 saturated heterocycles. The standard InChI is InChI=1S/C7H12OS2.Fe/c1-3-5-6-10-7(9)8-4-2;/h3,5-6H2,1-2H3;/q;+1. The van der Waals surface area contributed by atoms with E-state index in [2.05, 4.69) is 22.5 Å². The van der Waals surface area contributed by atoms with Crippen LogP contribution in [0.3, 0.4) is 0 Å². The monoisotopic (exact) mass is 232 g/mol. The van der Waals surface area contributed by atoms with Crippen LogP contribution in [0.4, 0.5) is 0 Å². The molecule has 0 aliphatic rings. The maximum atomic E-state index is 5.10. The summed E-state index contributed by atoms with van der Waals surface area (Å²) in [5, 5.41) is 0. The molecule has 0 heterocycles. The maximum absolute atomic E-state index is 5.10. The molecule has 65 valence electrons. The van der Waals surface area contributed by atoms with Gasteiger partial charge in [0, 0.05) is 0 Å². The van der Waals surface area contributed by atoms with Gasteiger partial charge < -0.3 is 0 Å². The predicted molar refractivity (Wildman–Crippen MR) is 51.7 cm³/mol. The molecule has 0 aliphatic heterocycles. The van der Waals surface area contributed by atoms with E-state index >= 15 is 0 Å². The molecule has 0 saturated carbocycles. The number of hydrogen-bond acceptors (Lipinski definition) is 3. The molecule has 0 aromatic heterocycles. The molecule has 0 rings (SSSR count). The molecule has 0 aromatic rings. The van der Waals surface area contributed by atoms with Gasteiger partial charge in [0.05, 0.1) is 0 Å². The molecule has 0 aromatic carbocycles. The Kier molecular flexibility index (Phi) is 7.70. The minimum atomic E-state index is 0.589. The van der Waals surface area contributed by atoms with Crippen molar-refractivity contribution in [2.45, 2.75) is 26.7 Å². The van der Waals surface area contributed by atoms with Gasteiger partial charge in [0.2, 0.25) is 0 Å². The SMILES string of the molecule is CCCCSC(=S)O[C](C)=[Fe+]. The molecule has 0 fully saturated rings. The van der Waals surface area contributed by atoms with Crippen LogP contribution in [0, 0.1) is 0 Å². The molecule has 0 atom stereocenters. The number of rotatable bonds is 4. The zero-order valence-corrected chi connectivity index (χ0v) is 9.44. The second kappa shape index (κ2) is 7.29. The fraction of sp³-hybridized carbons (Fsp3) is 0.714. The molecule has 0 aliphatic carbocycles. The minimum absolute atomic E-state index is 0.589. The Bertz CT molecular complexity index is 147. The van der Waals surface area contributed by atoms with Crippen LogP contribution < -0.4 is 0 Å². The summed E-state index contributed by atoms with van der Waals surface area (Å²) >= 11 is 10.1. The van der Waals surface area contributed by atoms with Crippen LogP contribution in [0.1, 0.15) is 26.7 Å². The van der Waals surface area contributed by atoms with E-state index in [-0.39, 0.29) is 0 Å². The van der Waals surface area contributed by atoms with Gasteiger partial charge in [-0.25, -0.2) is 0 Å². The van der Waals surface area contributed by atoms with Gasteiger partial charge in [-0.1, -0.05) is 0 Å². The number of hydrogen-bond donors (Lipinski definition) is 0. The number of unbranched alkanes of at least 4 members (excludes halogenated alkanes) is 1. The third-order valence-electron chi connectivity index (χ3n) is 0.939. The van der Waals surface area contributed by atoms with E-state index in [1.54, 1.807) is 18.7 Å². The van der Waals surface area contributed by atoms with E-state index < -0.39 is 0 Å². The van der Waals surface area contributed by atoms with Gasteiger partial charge in [0.1, 0.15) is 0 Å². The summed E-state index contributed by atoms with van der Waals surface area (Å²) in [5.74, 6) is 1.04. The summed E-state index contributed by atoms with van der Waals surface area (Å²) in [4.78, 5) is 0. The molecular weight excluding hydrogens is 220 g/mol. The van der Waals surface area contributed by atoms with Crippen molar-refractivity contribution in [2.75, 3.05) is 5.75 Å². The quantitative estimate of drug-likeness (QED) is 0.418. The van der Waals surface area contributed by atoms with Crippen molar-refractivity contribution in [1.29, 1.82) is 0 Å². The summed E-state index contributed by atoms with van der Waals surface area (Å²) in [6.07, 6.45) is 2.38. The third-order valence-corrected chi connectivity index (χ3v) is 2.30. The Morgan fingerprint density at radius 1 is 1.64 bits per heavy atom. The van der Waals surface area contributed by atoms with Crippen LogP contribution in [-0.2, 0) is 20.3 Å². The van der Waals surface area contributed by atoms with Crippen molar-refractivity contribution in [3.63, 3.8) is 0 Å². The van der Waals surface area contributed by atoms with Gasteiger partial charge in [-0.3, -0.25) is 0 Å². The summed E-state index contributed by atoms with van der Waals surface area (Å²) in [6, 6.07) is 0. The number of thioether (sulfide) groups is 1. The van der Waals surface area contributed by atoms with E-state index in [9.17, 15) is 0 Å². The molecule has 4 heteroatoms. The third kappa shape index (κ3) is 8.54. The summed E-state index contributed by atoms with van der Waals surface area (Å²) < 4.78 is 6.35. The van der Waals surface area contributed by atoms with Crippen molar-refractivity contribution in [2.24, 2.45) is 0 Å². The number of ether oxygens (including phenoxy) is 1. The molecule has 0 N–H and O–H groups in total. The van der Waals surface area contributed by atoms with Crippen LogP contribution in [0.25, 0.3) is 0 Å². The van der Waals surface area contributed by atoms with Crippen LogP contribution in [0.5, 0.6) is 0 Å². The zero-order valence-electron chi connectivity index (χ0n) is 6.70. The average molecular weight is 232 g/mol. The predicted octanol–water partition coefficient (Wildman–Crippen LogP) is 2.52. The average Bonchev–Trinajstić information content (AvgIpc) is 1.86. The van der Waals surface area contributed by atoms with Gasteiger partial charge in [0.15, 0.2) is 0 Å². The molecule has 0 bridgehead atoms. The van der Waals surface area contributed by atoms with Crippen molar-refractivity contribution in [3.8, 4) is 0 Å². The van der Waals surface area contributed by atoms with Crippen molar-refractivity contribution in [3.05, 3.63) is 0 Å². The Hall–Kier alpha value is 0.629.